The molecule has 0 saturated carbocycles. The Hall–Kier alpha value is -0.0600. The molecule has 1 heterocycles. The van der Waals surface area contributed by atoms with Gasteiger partial charge in [0.05, 0.1) is 9.35 Å². The maximum Gasteiger partial charge on any atom is 0.338 e. The van der Waals surface area contributed by atoms with Gasteiger partial charge in [0.15, 0.2) is 0 Å². The summed E-state index contributed by atoms with van der Waals surface area (Å²) in [5, 5.41) is 8.48. The Balaban J connectivity index is 0.000000561. The Labute approximate surface area is 88.3 Å². The number of hydrogen-bond donors (Lipinski definition) is 1. The van der Waals surface area contributed by atoms with Gasteiger partial charge in [-0.05, 0) is 22.0 Å². The van der Waals surface area contributed by atoms with Gasteiger partial charge in [-0.3, -0.25) is 0 Å². The van der Waals surface area contributed by atoms with Gasteiger partial charge < -0.3 is 5.11 Å². The molecule has 0 radical (unpaired) electrons. The van der Waals surface area contributed by atoms with E-state index in [0.717, 1.165) is 3.79 Å². The lowest BCUT2D eigenvalue weighted by Crippen LogP contribution is -1.92. The van der Waals surface area contributed by atoms with Crippen LogP contribution in [0.5, 0.6) is 0 Å². The van der Waals surface area contributed by atoms with Crippen molar-refractivity contribution in [3.05, 3.63) is 19.8 Å². The van der Waals surface area contributed by atoms with Gasteiger partial charge in [-0.15, -0.1) is 11.3 Å². The first-order chi connectivity index (χ1) is 5.61. The number of carboxylic acids is 1. The van der Waals surface area contributed by atoms with Crippen LogP contribution in [0.25, 0.3) is 0 Å². The van der Waals surface area contributed by atoms with Crippen molar-refractivity contribution in [2.24, 2.45) is 0 Å². The normalized spacial score (nSPS) is 8.67. The van der Waals surface area contributed by atoms with Gasteiger partial charge in [0.2, 0.25) is 0 Å². The zero-order valence-electron chi connectivity index (χ0n) is 6.60. The first-order valence-electron chi connectivity index (χ1n) is 3.29. The van der Waals surface area contributed by atoms with Crippen molar-refractivity contribution in [2.45, 2.75) is 13.8 Å². The molecule has 12 heavy (non-hydrogen) atoms. The maximum atomic E-state index is 10.3. The van der Waals surface area contributed by atoms with Crippen molar-refractivity contribution in [3.8, 4) is 0 Å². The van der Waals surface area contributed by atoms with E-state index in [0.29, 0.717) is 4.34 Å². The third-order valence-electron chi connectivity index (χ3n) is 0.887. The van der Waals surface area contributed by atoms with E-state index in [4.69, 9.17) is 16.7 Å². The lowest BCUT2D eigenvalue weighted by Gasteiger charge is -1.84. The van der Waals surface area contributed by atoms with Crippen LogP contribution in [0.15, 0.2) is 9.85 Å². The second-order valence-electron chi connectivity index (χ2n) is 1.54. The lowest BCUT2D eigenvalue weighted by atomic mass is 10.4. The summed E-state index contributed by atoms with van der Waals surface area (Å²) in [4.78, 5) is 10.3. The fraction of sp³-hybridized carbons (Fsp3) is 0.286. The summed E-state index contributed by atoms with van der Waals surface area (Å²) in [6.07, 6.45) is 0. The van der Waals surface area contributed by atoms with E-state index in [-0.39, 0.29) is 5.56 Å². The molecular weight excluding hydrogens is 263 g/mol. The van der Waals surface area contributed by atoms with Crippen LogP contribution < -0.4 is 0 Å². The second kappa shape index (κ2) is 5.56. The van der Waals surface area contributed by atoms with Crippen LogP contribution >= 0.6 is 38.9 Å². The fourth-order valence-electron chi connectivity index (χ4n) is 0.486. The SMILES string of the molecule is CC.O=C(O)c1cc(Br)sc1Cl. The van der Waals surface area contributed by atoms with Crippen LogP contribution in [0.3, 0.4) is 0 Å². The monoisotopic (exact) mass is 270 g/mol. The number of rotatable bonds is 1. The molecule has 1 N–H and O–H groups in total. The number of carboxylic acid groups (broad SMARTS) is 1. The van der Waals surface area contributed by atoms with Crippen LogP contribution in [0, 0.1) is 0 Å². The predicted octanol–water partition coefficient (Wildman–Crippen LogP) is 3.89. The molecule has 0 amide bonds. The number of thiophene rings is 1. The van der Waals surface area contributed by atoms with Crippen LogP contribution in [-0.4, -0.2) is 11.1 Å². The van der Waals surface area contributed by atoms with Crippen molar-refractivity contribution in [3.63, 3.8) is 0 Å². The Morgan fingerprint density at radius 3 is 2.33 bits per heavy atom. The summed E-state index contributed by atoms with van der Waals surface area (Å²) in [6, 6.07) is 1.48. The highest BCUT2D eigenvalue weighted by atomic mass is 79.9. The fourth-order valence-corrected chi connectivity index (χ4v) is 2.47. The Kier molecular flexibility index (Phi) is 5.53. The highest BCUT2D eigenvalue weighted by molar-refractivity contribution is 9.11. The Morgan fingerprint density at radius 2 is 2.17 bits per heavy atom. The summed E-state index contributed by atoms with van der Waals surface area (Å²) < 4.78 is 1.04. The molecule has 0 aliphatic heterocycles. The molecule has 1 aromatic heterocycles. The average molecular weight is 272 g/mol. The predicted molar refractivity (Wildman–Crippen MR) is 55.3 cm³/mol. The quantitative estimate of drug-likeness (QED) is 0.841. The molecule has 0 aliphatic rings. The minimum absolute atomic E-state index is 0.151. The average Bonchev–Trinajstić information content (AvgIpc) is 2.34. The van der Waals surface area contributed by atoms with Gasteiger partial charge in [-0.2, -0.15) is 0 Å². The largest absolute Gasteiger partial charge is 0.478 e. The molecule has 1 aromatic rings. The van der Waals surface area contributed by atoms with Gasteiger partial charge in [0, 0.05) is 0 Å². The molecule has 0 aromatic carbocycles. The molecule has 5 heteroatoms. The van der Waals surface area contributed by atoms with E-state index in [1.807, 2.05) is 13.8 Å². The minimum atomic E-state index is -0.994. The molecular formula is C7H8BrClO2S. The summed E-state index contributed by atoms with van der Waals surface area (Å²) in [5.41, 5.74) is 0.151. The van der Waals surface area contributed by atoms with Crippen LogP contribution in [0.4, 0.5) is 0 Å². The zero-order valence-corrected chi connectivity index (χ0v) is 9.76. The van der Waals surface area contributed by atoms with Crippen molar-refractivity contribution in [1.29, 1.82) is 0 Å². The van der Waals surface area contributed by atoms with E-state index >= 15 is 0 Å². The van der Waals surface area contributed by atoms with Crippen LogP contribution in [0.2, 0.25) is 4.34 Å². The van der Waals surface area contributed by atoms with Gasteiger partial charge in [-0.25, -0.2) is 4.79 Å². The van der Waals surface area contributed by atoms with E-state index in [1.165, 1.54) is 17.4 Å². The molecule has 0 bridgehead atoms. The molecule has 0 aliphatic carbocycles. The molecule has 68 valence electrons. The molecule has 0 unspecified atom stereocenters. The zero-order chi connectivity index (χ0) is 9.72. The van der Waals surface area contributed by atoms with E-state index in [2.05, 4.69) is 15.9 Å². The third-order valence-corrected chi connectivity index (χ3v) is 2.75. The van der Waals surface area contributed by atoms with Gasteiger partial charge >= 0.3 is 5.97 Å². The summed E-state index contributed by atoms with van der Waals surface area (Å²) >= 11 is 9.87. The summed E-state index contributed by atoms with van der Waals surface area (Å²) in [7, 11) is 0. The maximum absolute atomic E-state index is 10.3. The van der Waals surface area contributed by atoms with Gasteiger partial charge in [-0.1, -0.05) is 25.4 Å². The highest BCUT2D eigenvalue weighted by Crippen LogP contribution is 2.31. The van der Waals surface area contributed by atoms with E-state index in [1.54, 1.807) is 0 Å². The number of hydrogen-bond acceptors (Lipinski definition) is 2. The van der Waals surface area contributed by atoms with Crippen molar-refractivity contribution in [1.82, 2.24) is 0 Å². The Bertz CT molecular complexity index is 272. The summed E-state index contributed by atoms with van der Waals surface area (Å²) in [5.74, 6) is -0.994. The van der Waals surface area contributed by atoms with E-state index in [9.17, 15) is 4.79 Å². The molecule has 0 spiro atoms. The van der Waals surface area contributed by atoms with Crippen molar-refractivity contribution >= 4 is 44.8 Å². The number of aromatic carboxylic acids is 1. The molecule has 0 saturated heterocycles. The molecule has 0 atom stereocenters. The smallest absolute Gasteiger partial charge is 0.338 e. The standard InChI is InChI=1S/C5H2BrClO2S.C2H6/c6-3-1-2(5(8)9)4(7)10-3;1-2/h1H,(H,8,9);1-2H3. The van der Waals surface area contributed by atoms with Crippen LogP contribution in [0.1, 0.15) is 24.2 Å². The lowest BCUT2D eigenvalue weighted by molar-refractivity contribution is 0.0697. The molecule has 0 fully saturated rings. The second-order valence-corrected chi connectivity index (χ2v) is 4.58. The number of carbonyl (C=O) groups is 1. The topological polar surface area (TPSA) is 37.3 Å². The van der Waals surface area contributed by atoms with Gasteiger partial charge in [0.1, 0.15) is 4.34 Å². The number of halogens is 2. The highest BCUT2D eigenvalue weighted by Gasteiger charge is 2.11. The van der Waals surface area contributed by atoms with Crippen LogP contribution in [-0.2, 0) is 0 Å². The minimum Gasteiger partial charge on any atom is -0.478 e. The Morgan fingerprint density at radius 1 is 1.67 bits per heavy atom. The third kappa shape index (κ3) is 3.13. The van der Waals surface area contributed by atoms with Crippen molar-refractivity contribution in [2.75, 3.05) is 0 Å². The summed E-state index contributed by atoms with van der Waals surface area (Å²) in [6.45, 7) is 4.00. The van der Waals surface area contributed by atoms with Gasteiger partial charge in [0.25, 0.3) is 0 Å². The van der Waals surface area contributed by atoms with Crippen molar-refractivity contribution < 1.29 is 9.90 Å². The first kappa shape index (κ1) is 11.9. The first-order valence-corrected chi connectivity index (χ1v) is 5.28. The molecule has 1 rings (SSSR count). The molecule has 2 nitrogen and oxygen atoms in total. The van der Waals surface area contributed by atoms with E-state index < -0.39 is 5.97 Å².